The number of nitrogens with zero attached hydrogens (tertiary/aromatic N) is 2. The van der Waals surface area contributed by atoms with Gasteiger partial charge in [-0.25, -0.2) is 4.68 Å². The Morgan fingerprint density at radius 1 is 1.36 bits per heavy atom. The highest BCUT2D eigenvalue weighted by Gasteiger charge is 2.35. The predicted molar refractivity (Wildman–Crippen MR) is 100 cm³/mol. The fourth-order valence-electron chi connectivity index (χ4n) is 3.34. The van der Waals surface area contributed by atoms with E-state index in [4.69, 9.17) is 11.6 Å². The van der Waals surface area contributed by atoms with Crippen molar-refractivity contribution in [1.29, 1.82) is 0 Å². The molecule has 1 aliphatic carbocycles. The lowest BCUT2D eigenvalue weighted by Gasteiger charge is -2.38. The van der Waals surface area contributed by atoms with Crippen LogP contribution >= 0.6 is 11.6 Å². The molecule has 2 atom stereocenters. The Hall–Kier alpha value is -1.85. The molecule has 134 valence electrons. The van der Waals surface area contributed by atoms with E-state index in [1.807, 2.05) is 30.3 Å². The molecule has 0 bridgehead atoms. The average Bonchev–Trinajstić information content (AvgIpc) is 2.62. The predicted octanol–water partition coefficient (Wildman–Crippen LogP) is 3.30. The highest BCUT2D eigenvalue weighted by molar-refractivity contribution is 6.32. The summed E-state index contributed by atoms with van der Waals surface area (Å²) in [7, 11) is 0. The molecule has 2 unspecified atom stereocenters. The summed E-state index contributed by atoms with van der Waals surface area (Å²) in [6.45, 7) is 3.02. The number of halogens is 1. The number of benzene rings is 1. The Labute approximate surface area is 152 Å². The van der Waals surface area contributed by atoms with Crippen molar-refractivity contribution < 1.29 is 5.11 Å². The first-order valence-corrected chi connectivity index (χ1v) is 9.09. The van der Waals surface area contributed by atoms with Crippen molar-refractivity contribution in [2.45, 2.75) is 45.3 Å². The van der Waals surface area contributed by atoms with E-state index in [1.165, 1.54) is 4.68 Å². The van der Waals surface area contributed by atoms with E-state index in [9.17, 15) is 9.90 Å². The maximum absolute atomic E-state index is 12.5. The van der Waals surface area contributed by atoms with Gasteiger partial charge in [0.2, 0.25) is 0 Å². The van der Waals surface area contributed by atoms with Gasteiger partial charge in [0.15, 0.2) is 0 Å². The normalized spacial score (nSPS) is 23.4. The van der Waals surface area contributed by atoms with Crippen LogP contribution < -0.4 is 10.9 Å². The van der Waals surface area contributed by atoms with E-state index >= 15 is 0 Å². The molecule has 0 saturated heterocycles. The molecule has 25 heavy (non-hydrogen) atoms. The first kappa shape index (κ1) is 18.0. The fraction of sp³-hybridized carbons (Fsp3) is 0.474. The molecule has 0 aliphatic heterocycles. The van der Waals surface area contributed by atoms with Crippen LogP contribution in [0.3, 0.4) is 0 Å². The zero-order valence-electron chi connectivity index (χ0n) is 14.4. The third kappa shape index (κ3) is 4.05. The number of hydrogen-bond acceptors (Lipinski definition) is 4. The van der Waals surface area contributed by atoms with Crippen LogP contribution in [0, 0.1) is 5.41 Å². The van der Waals surface area contributed by atoms with E-state index in [0.717, 1.165) is 31.2 Å². The molecule has 1 heterocycles. The molecule has 5 nitrogen and oxygen atoms in total. The largest absolute Gasteiger partial charge is 0.392 e. The lowest BCUT2D eigenvalue weighted by atomic mass is 9.73. The lowest BCUT2D eigenvalue weighted by molar-refractivity contribution is 0.00962. The van der Waals surface area contributed by atoms with E-state index in [0.29, 0.717) is 18.8 Å². The summed E-state index contributed by atoms with van der Waals surface area (Å²) in [6.07, 6.45) is 5.21. The minimum Gasteiger partial charge on any atom is -0.392 e. The molecular weight excluding hydrogens is 338 g/mol. The second-order valence-electron chi connectivity index (χ2n) is 7.09. The number of anilines is 1. The maximum Gasteiger partial charge on any atom is 0.287 e. The zero-order valence-corrected chi connectivity index (χ0v) is 15.2. The number of hydrogen-bond donors (Lipinski definition) is 2. The van der Waals surface area contributed by atoms with Crippen LogP contribution in [0.5, 0.6) is 0 Å². The van der Waals surface area contributed by atoms with Crippen molar-refractivity contribution in [3.05, 3.63) is 57.5 Å². The van der Waals surface area contributed by atoms with Gasteiger partial charge < -0.3 is 10.4 Å². The van der Waals surface area contributed by atoms with Crippen LogP contribution in [0.1, 0.15) is 38.2 Å². The van der Waals surface area contributed by atoms with Crippen LogP contribution in [-0.4, -0.2) is 27.5 Å². The number of aliphatic hydroxyl groups is 1. The molecule has 0 amide bonds. The molecule has 1 aromatic carbocycles. The molecule has 1 saturated carbocycles. The first-order valence-electron chi connectivity index (χ1n) is 8.71. The summed E-state index contributed by atoms with van der Waals surface area (Å²) < 4.78 is 1.36. The standard InChI is InChI=1S/C19H24ClN3O2/c1-19(10-6-5-9-16(19)24)13-21-15-11-22-23(18(25)17(15)20)12-14-7-3-2-4-8-14/h2-4,7-8,11,16,21,24H,5-6,9-10,12-13H2,1H3. The number of nitrogens with one attached hydrogen (secondary N) is 1. The third-order valence-electron chi connectivity index (χ3n) is 5.12. The van der Waals surface area contributed by atoms with Gasteiger partial charge >= 0.3 is 0 Å². The molecule has 6 heteroatoms. The minimum atomic E-state index is -0.334. The highest BCUT2D eigenvalue weighted by Crippen LogP contribution is 2.36. The second kappa shape index (κ2) is 7.58. The maximum atomic E-state index is 12.5. The molecule has 0 radical (unpaired) electrons. The van der Waals surface area contributed by atoms with E-state index < -0.39 is 0 Å². The van der Waals surface area contributed by atoms with Gasteiger partial charge in [-0.3, -0.25) is 4.79 Å². The Morgan fingerprint density at radius 3 is 2.84 bits per heavy atom. The summed E-state index contributed by atoms with van der Waals surface area (Å²) >= 11 is 6.27. The van der Waals surface area contributed by atoms with Gasteiger partial charge in [-0.05, 0) is 18.4 Å². The van der Waals surface area contributed by atoms with Gasteiger partial charge in [-0.15, -0.1) is 0 Å². The first-order chi connectivity index (χ1) is 12.0. The van der Waals surface area contributed by atoms with Crippen molar-refractivity contribution in [2.75, 3.05) is 11.9 Å². The number of aliphatic hydroxyl groups excluding tert-OH is 1. The summed E-state index contributed by atoms with van der Waals surface area (Å²) in [5.41, 5.74) is 0.993. The van der Waals surface area contributed by atoms with Crippen molar-refractivity contribution in [1.82, 2.24) is 9.78 Å². The molecule has 0 spiro atoms. The van der Waals surface area contributed by atoms with E-state index in [-0.39, 0.29) is 22.1 Å². The molecule has 3 rings (SSSR count). The third-order valence-corrected chi connectivity index (χ3v) is 5.49. The van der Waals surface area contributed by atoms with E-state index in [2.05, 4.69) is 17.3 Å². The van der Waals surface area contributed by atoms with Gasteiger partial charge in [0.05, 0.1) is 24.5 Å². The Balaban J connectivity index is 1.73. The second-order valence-corrected chi connectivity index (χ2v) is 7.47. The van der Waals surface area contributed by atoms with Crippen LogP contribution in [0.4, 0.5) is 5.69 Å². The molecular formula is C19H24ClN3O2. The van der Waals surface area contributed by atoms with E-state index in [1.54, 1.807) is 6.20 Å². The smallest absolute Gasteiger partial charge is 0.287 e. The molecule has 1 aliphatic rings. The number of aromatic nitrogens is 2. The lowest BCUT2D eigenvalue weighted by Crippen LogP contribution is -2.41. The summed E-state index contributed by atoms with van der Waals surface area (Å²) in [6, 6.07) is 9.67. The Kier molecular flexibility index (Phi) is 5.45. The van der Waals surface area contributed by atoms with Gasteiger partial charge in [0.25, 0.3) is 5.56 Å². The summed E-state index contributed by atoms with van der Waals surface area (Å²) in [4.78, 5) is 12.5. The topological polar surface area (TPSA) is 67.2 Å². The van der Waals surface area contributed by atoms with Crippen LogP contribution in [0.15, 0.2) is 41.3 Å². The molecule has 1 aromatic heterocycles. The van der Waals surface area contributed by atoms with Gasteiger partial charge in [-0.2, -0.15) is 5.10 Å². The molecule has 1 fully saturated rings. The quantitative estimate of drug-likeness (QED) is 0.857. The number of rotatable bonds is 5. The zero-order chi connectivity index (χ0) is 17.9. The molecule has 2 aromatic rings. The van der Waals surface area contributed by atoms with Crippen molar-refractivity contribution in [2.24, 2.45) is 5.41 Å². The monoisotopic (exact) mass is 361 g/mol. The van der Waals surface area contributed by atoms with Gasteiger partial charge in [0.1, 0.15) is 5.02 Å². The van der Waals surface area contributed by atoms with Crippen LogP contribution in [0.2, 0.25) is 5.02 Å². The average molecular weight is 362 g/mol. The highest BCUT2D eigenvalue weighted by atomic mass is 35.5. The van der Waals surface area contributed by atoms with Crippen LogP contribution in [-0.2, 0) is 6.54 Å². The summed E-state index contributed by atoms with van der Waals surface area (Å²) in [5, 5.41) is 17.9. The summed E-state index contributed by atoms with van der Waals surface area (Å²) in [5.74, 6) is 0. The Morgan fingerprint density at radius 2 is 2.12 bits per heavy atom. The minimum absolute atomic E-state index is 0.139. The van der Waals surface area contributed by atoms with Crippen molar-refractivity contribution >= 4 is 17.3 Å². The SMILES string of the molecule is CC1(CNc2cnn(Cc3ccccc3)c(=O)c2Cl)CCCCC1O. The molecule has 2 N–H and O–H groups in total. The van der Waals surface area contributed by atoms with Gasteiger partial charge in [-0.1, -0.05) is 61.7 Å². The van der Waals surface area contributed by atoms with Gasteiger partial charge in [0, 0.05) is 12.0 Å². The van der Waals surface area contributed by atoms with Crippen LogP contribution in [0.25, 0.3) is 0 Å². The fourth-order valence-corrected chi connectivity index (χ4v) is 3.56. The Bertz CT molecular complexity index is 778. The van der Waals surface area contributed by atoms with Crippen molar-refractivity contribution in [3.63, 3.8) is 0 Å². The van der Waals surface area contributed by atoms with Crippen molar-refractivity contribution in [3.8, 4) is 0 Å².